The molecular weight excluding hydrogens is 208 g/mol. The summed E-state index contributed by atoms with van der Waals surface area (Å²) in [4.78, 5) is 21.3. The Morgan fingerprint density at radius 3 is 2.25 bits per heavy atom. The van der Waals surface area contributed by atoms with Crippen molar-refractivity contribution in [3.8, 4) is 0 Å². The van der Waals surface area contributed by atoms with E-state index in [1.54, 1.807) is 6.92 Å². The number of unbranched alkanes of at least 4 members (excludes halogenated alkanes) is 2. The Bertz CT molecular complexity index is 225. The van der Waals surface area contributed by atoms with Crippen molar-refractivity contribution in [2.24, 2.45) is 11.8 Å². The van der Waals surface area contributed by atoms with Crippen LogP contribution < -0.4 is 0 Å². The van der Waals surface area contributed by atoms with E-state index in [0.717, 1.165) is 25.7 Å². The number of hydrogen-bond acceptors (Lipinski definition) is 2. The van der Waals surface area contributed by atoms with Crippen LogP contribution in [0.25, 0.3) is 0 Å². The smallest absolute Gasteiger partial charge is 0.306 e. The zero-order valence-electron chi connectivity index (χ0n) is 10.1. The van der Waals surface area contributed by atoms with Gasteiger partial charge in [-0.3, -0.25) is 9.59 Å². The fourth-order valence-electron chi connectivity index (χ4n) is 1.83. The molecule has 0 aliphatic rings. The highest BCUT2D eigenvalue weighted by Crippen LogP contribution is 2.22. The molecule has 0 radical (unpaired) electrons. The van der Waals surface area contributed by atoms with Gasteiger partial charge in [0.2, 0.25) is 0 Å². The highest BCUT2D eigenvalue weighted by Gasteiger charge is 2.20. The van der Waals surface area contributed by atoms with Crippen molar-refractivity contribution in [2.75, 3.05) is 0 Å². The molecule has 4 nitrogen and oxygen atoms in total. The molecule has 16 heavy (non-hydrogen) atoms. The van der Waals surface area contributed by atoms with Gasteiger partial charge >= 0.3 is 11.9 Å². The summed E-state index contributed by atoms with van der Waals surface area (Å²) in [5.74, 6) is -2.13. The van der Waals surface area contributed by atoms with E-state index in [1.807, 2.05) is 0 Å². The number of rotatable bonds is 9. The predicted octanol–water partition coefficient (Wildman–Crippen LogP) is 2.77. The molecule has 2 unspecified atom stereocenters. The van der Waals surface area contributed by atoms with Gasteiger partial charge in [-0.25, -0.2) is 0 Å². The van der Waals surface area contributed by atoms with E-state index in [0.29, 0.717) is 6.42 Å². The van der Waals surface area contributed by atoms with E-state index in [-0.39, 0.29) is 12.3 Å². The zero-order valence-corrected chi connectivity index (χ0v) is 10.1. The minimum atomic E-state index is -0.842. The fourth-order valence-corrected chi connectivity index (χ4v) is 1.83. The maximum absolute atomic E-state index is 10.7. The molecule has 0 aromatic rings. The lowest BCUT2D eigenvalue weighted by molar-refractivity contribution is -0.143. The highest BCUT2D eigenvalue weighted by atomic mass is 16.4. The first-order valence-corrected chi connectivity index (χ1v) is 5.92. The topological polar surface area (TPSA) is 74.6 Å². The van der Waals surface area contributed by atoms with E-state index in [4.69, 9.17) is 10.2 Å². The van der Waals surface area contributed by atoms with E-state index in [2.05, 4.69) is 6.92 Å². The van der Waals surface area contributed by atoms with Crippen LogP contribution in [0.5, 0.6) is 0 Å². The first-order chi connectivity index (χ1) is 7.47. The summed E-state index contributed by atoms with van der Waals surface area (Å²) < 4.78 is 0. The molecule has 0 saturated carbocycles. The standard InChI is InChI=1S/C12H22O4/c1-3-4-5-6-10(8-11(13)14)7-9(2)12(15)16/h9-10H,3-8H2,1-2H3,(H,13,14)(H,15,16). The number of hydrogen-bond donors (Lipinski definition) is 2. The van der Waals surface area contributed by atoms with Crippen LogP contribution in [-0.2, 0) is 9.59 Å². The SMILES string of the molecule is CCCCCC(CC(=O)O)CC(C)C(=O)O. The number of carbonyl (C=O) groups is 2. The Balaban J connectivity index is 4.08. The molecule has 0 rings (SSSR count). The van der Waals surface area contributed by atoms with Crippen LogP contribution in [0.3, 0.4) is 0 Å². The minimum Gasteiger partial charge on any atom is -0.481 e. The summed E-state index contributed by atoms with van der Waals surface area (Å²) in [5, 5.41) is 17.5. The second kappa shape index (κ2) is 8.13. The summed E-state index contributed by atoms with van der Waals surface area (Å²) in [6.45, 7) is 3.73. The maximum atomic E-state index is 10.7. The summed E-state index contributed by atoms with van der Waals surface area (Å²) in [6.07, 6.45) is 4.52. The van der Waals surface area contributed by atoms with Crippen LogP contribution in [0.4, 0.5) is 0 Å². The summed E-state index contributed by atoms with van der Waals surface area (Å²) >= 11 is 0. The first-order valence-electron chi connectivity index (χ1n) is 5.92. The predicted molar refractivity (Wildman–Crippen MR) is 61.3 cm³/mol. The molecule has 2 N–H and O–H groups in total. The van der Waals surface area contributed by atoms with Crippen LogP contribution in [0.15, 0.2) is 0 Å². The molecule has 0 saturated heterocycles. The molecular formula is C12H22O4. The Morgan fingerprint density at radius 1 is 1.19 bits per heavy atom. The fraction of sp³-hybridized carbons (Fsp3) is 0.833. The molecule has 0 aliphatic carbocycles. The van der Waals surface area contributed by atoms with Crippen molar-refractivity contribution in [1.82, 2.24) is 0 Å². The average Bonchev–Trinajstić information content (AvgIpc) is 2.16. The molecule has 0 heterocycles. The second-order valence-corrected chi connectivity index (χ2v) is 4.43. The van der Waals surface area contributed by atoms with Gasteiger partial charge in [0.15, 0.2) is 0 Å². The molecule has 0 bridgehead atoms. The van der Waals surface area contributed by atoms with Crippen molar-refractivity contribution >= 4 is 11.9 Å². The van der Waals surface area contributed by atoms with Gasteiger partial charge in [0.1, 0.15) is 0 Å². The van der Waals surface area contributed by atoms with Gasteiger partial charge < -0.3 is 10.2 Å². The number of carboxylic acids is 2. The largest absolute Gasteiger partial charge is 0.481 e. The molecule has 0 amide bonds. The molecule has 0 aliphatic heterocycles. The quantitative estimate of drug-likeness (QED) is 0.597. The third-order valence-electron chi connectivity index (χ3n) is 2.79. The van der Waals surface area contributed by atoms with Gasteiger partial charge in [0.25, 0.3) is 0 Å². The van der Waals surface area contributed by atoms with Crippen molar-refractivity contribution < 1.29 is 19.8 Å². The Hall–Kier alpha value is -1.06. The molecule has 0 spiro atoms. The van der Waals surface area contributed by atoms with Crippen LogP contribution in [0.2, 0.25) is 0 Å². The van der Waals surface area contributed by atoms with Gasteiger partial charge in [0, 0.05) is 6.42 Å². The average molecular weight is 230 g/mol. The zero-order chi connectivity index (χ0) is 12.6. The second-order valence-electron chi connectivity index (χ2n) is 4.43. The van der Waals surface area contributed by atoms with Gasteiger partial charge in [-0.05, 0) is 18.8 Å². The monoisotopic (exact) mass is 230 g/mol. The molecule has 0 aromatic carbocycles. The Labute approximate surface area is 96.7 Å². The lowest BCUT2D eigenvalue weighted by Crippen LogP contribution is -2.17. The van der Waals surface area contributed by atoms with E-state index >= 15 is 0 Å². The van der Waals surface area contributed by atoms with E-state index in [9.17, 15) is 9.59 Å². The lowest BCUT2D eigenvalue weighted by atomic mass is 9.89. The van der Waals surface area contributed by atoms with Crippen LogP contribution >= 0.6 is 0 Å². The van der Waals surface area contributed by atoms with Gasteiger partial charge in [0.05, 0.1) is 5.92 Å². The van der Waals surface area contributed by atoms with Crippen LogP contribution in [0.1, 0.15) is 52.4 Å². The molecule has 0 aromatic heterocycles. The highest BCUT2D eigenvalue weighted by molar-refractivity contribution is 5.70. The van der Waals surface area contributed by atoms with Gasteiger partial charge in [-0.15, -0.1) is 0 Å². The first kappa shape index (κ1) is 14.9. The summed E-state index contributed by atoms with van der Waals surface area (Å²) in [5.41, 5.74) is 0. The normalized spacial score (nSPS) is 14.4. The van der Waals surface area contributed by atoms with Crippen molar-refractivity contribution in [3.05, 3.63) is 0 Å². The van der Waals surface area contributed by atoms with E-state index in [1.165, 1.54) is 0 Å². The Morgan fingerprint density at radius 2 is 1.81 bits per heavy atom. The van der Waals surface area contributed by atoms with Crippen molar-refractivity contribution in [3.63, 3.8) is 0 Å². The maximum Gasteiger partial charge on any atom is 0.306 e. The van der Waals surface area contributed by atoms with Crippen molar-refractivity contribution in [1.29, 1.82) is 0 Å². The van der Waals surface area contributed by atoms with Gasteiger partial charge in [-0.1, -0.05) is 33.1 Å². The minimum absolute atomic E-state index is 0.00449. The molecule has 4 heteroatoms. The molecule has 0 fully saturated rings. The van der Waals surface area contributed by atoms with E-state index < -0.39 is 17.9 Å². The third kappa shape index (κ3) is 7.26. The summed E-state index contributed by atoms with van der Waals surface area (Å²) in [7, 11) is 0. The summed E-state index contributed by atoms with van der Waals surface area (Å²) in [6, 6.07) is 0. The van der Waals surface area contributed by atoms with Crippen molar-refractivity contribution in [2.45, 2.75) is 52.4 Å². The van der Waals surface area contributed by atoms with Crippen LogP contribution in [-0.4, -0.2) is 22.2 Å². The Kier molecular flexibility index (Phi) is 7.60. The number of carboxylic acid groups (broad SMARTS) is 2. The number of aliphatic carboxylic acids is 2. The van der Waals surface area contributed by atoms with Crippen LogP contribution in [0, 0.1) is 11.8 Å². The lowest BCUT2D eigenvalue weighted by Gasteiger charge is -2.16. The van der Waals surface area contributed by atoms with Gasteiger partial charge in [-0.2, -0.15) is 0 Å². The third-order valence-corrected chi connectivity index (χ3v) is 2.79. The molecule has 2 atom stereocenters. The molecule has 94 valence electrons.